The largest absolute Gasteiger partial charge is 0.349 e. The molecule has 0 radical (unpaired) electrons. The van der Waals surface area contributed by atoms with Crippen molar-refractivity contribution in [3.05, 3.63) is 34.6 Å². The maximum atomic E-state index is 13.5. The third-order valence-corrected chi connectivity index (χ3v) is 3.07. The van der Waals surface area contributed by atoms with E-state index in [1.807, 2.05) is 12.1 Å². The molecule has 1 amide bonds. The zero-order chi connectivity index (χ0) is 14.4. The van der Waals surface area contributed by atoms with E-state index >= 15 is 0 Å². The monoisotopic (exact) mass is 266 g/mol. The number of carbonyl (C=O) groups is 1. The summed E-state index contributed by atoms with van der Waals surface area (Å²) >= 11 is 0. The van der Waals surface area contributed by atoms with Gasteiger partial charge in [-0.15, -0.1) is 0 Å². The van der Waals surface area contributed by atoms with Gasteiger partial charge in [-0.3, -0.25) is 4.79 Å². The average molecular weight is 266 g/mol. The molecule has 19 heavy (non-hydrogen) atoms. The van der Waals surface area contributed by atoms with E-state index in [0.29, 0.717) is 24.1 Å². The first-order valence-electron chi connectivity index (χ1n) is 6.58. The summed E-state index contributed by atoms with van der Waals surface area (Å²) in [6.45, 7) is 5.05. The van der Waals surface area contributed by atoms with Gasteiger partial charge in [-0.05, 0) is 43.5 Å². The molecule has 106 valence electrons. The van der Waals surface area contributed by atoms with E-state index in [2.05, 4.69) is 5.32 Å². The summed E-state index contributed by atoms with van der Waals surface area (Å²) in [5.41, 5.74) is 2.44. The maximum absolute atomic E-state index is 13.5. The second-order valence-corrected chi connectivity index (χ2v) is 5.11. The summed E-state index contributed by atoms with van der Waals surface area (Å²) in [7, 11) is 3.53. The van der Waals surface area contributed by atoms with E-state index < -0.39 is 0 Å². The van der Waals surface area contributed by atoms with Crippen LogP contribution in [0.5, 0.6) is 0 Å². The number of hydrogen-bond donors (Lipinski definition) is 1. The summed E-state index contributed by atoms with van der Waals surface area (Å²) in [4.78, 5) is 13.0. The molecule has 1 aromatic rings. The van der Waals surface area contributed by atoms with Crippen LogP contribution in [0, 0.1) is 19.7 Å². The van der Waals surface area contributed by atoms with Gasteiger partial charge < -0.3 is 10.2 Å². The molecule has 0 aliphatic rings. The van der Waals surface area contributed by atoms with E-state index in [1.54, 1.807) is 32.8 Å². The highest BCUT2D eigenvalue weighted by molar-refractivity contribution is 5.75. The highest BCUT2D eigenvalue weighted by Gasteiger charge is 2.05. The van der Waals surface area contributed by atoms with E-state index in [4.69, 9.17) is 0 Å². The van der Waals surface area contributed by atoms with Crippen LogP contribution in [0.15, 0.2) is 12.1 Å². The number of halogens is 1. The van der Waals surface area contributed by atoms with Gasteiger partial charge in [-0.1, -0.05) is 12.1 Å². The number of nitrogens with one attached hydrogen (secondary N) is 1. The van der Waals surface area contributed by atoms with Gasteiger partial charge in [0.05, 0.1) is 0 Å². The number of aryl methyl sites for hydroxylation is 2. The average Bonchev–Trinajstić information content (AvgIpc) is 2.34. The fourth-order valence-electron chi connectivity index (χ4n) is 1.96. The highest BCUT2D eigenvalue weighted by Crippen LogP contribution is 2.14. The number of amides is 1. The number of benzene rings is 1. The SMILES string of the molecule is Cc1cc(CNCCCC(=O)N(C)C)cc(C)c1F. The van der Waals surface area contributed by atoms with Crippen LogP contribution in [0.2, 0.25) is 0 Å². The molecular weight excluding hydrogens is 243 g/mol. The van der Waals surface area contributed by atoms with E-state index in [1.165, 1.54) is 0 Å². The topological polar surface area (TPSA) is 32.3 Å². The minimum absolute atomic E-state index is 0.125. The molecule has 3 nitrogen and oxygen atoms in total. The van der Waals surface area contributed by atoms with Gasteiger partial charge in [-0.25, -0.2) is 4.39 Å². The molecule has 0 aromatic heterocycles. The normalized spacial score (nSPS) is 10.6. The smallest absolute Gasteiger partial charge is 0.222 e. The van der Waals surface area contributed by atoms with Gasteiger partial charge >= 0.3 is 0 Å². The van der Waals surface area contributed by atoms with Gasteiger partial charge in [0.2, 0.25) is 5.91 Å². The van der Waals surface area contributed by atoms with E-state index in [9.17, 15) is 9.18 Å². The zero-order valence-corrected chi connectivity index (χ0v) is 12.2. The quantitative estimate of drug-likeness (QED) is 0.802. The third kappa shape index (κ3) is 4.99. The first-order valence-corrected chi connectivity index (χ1v) is 6.58. The summed E-state index contributed by atoms with van der Waals surface area (Å²) in [5.74, 6) is 0.0237. The summed E-state index contributed by atoms with van der Waals surface area (Å²) in [6, 6.07) is 3.72. The third-order valence-electron chi connectivity index (χ3n) is 3.07. The molecule has 0 saturated heterocycles. The van der Waals surface area contributed by atoms with Crippen LogP contribution in [-0.2, 0) is 11.3 Å². The van der Waals surface area contributed by atoms with Crippen LogP contribution in [0.4, 0.5) is 4.39 Å². The molecule has 0 unspecified atom stereocenters. The van der Waals surface area contributed by atoms with Gasteiger partial charge in [0.15, 0.2) is 0 Å². The molecule has 0 saturated carbocycles. The van der Waals surface area contributed by atoms with Gasteiger partial charge in [0.1, 0.15) is 5.82 Å². The van der Waals surface area contributed by atoms with Crippen molar-refractivity contribution < 1.29 is 9.18 Å². The second-order valence-electron chi connectivity index (χ2n) is 5.11. The molecule has 1 rings (SSSR count). The predicted octanol–water partition coefficient (Wildman–Crippen LogP) is 2.40. The van der Waals surface area contributed by atoms with Crippen LogP contribution in [-0.4, -0.2) is 31.4 Å². The summed E-state index contributed by atoms with van der Waals surface area (Å²) < 4.78 is 13.5. The molecule has 0 bridgehead atoms. The molecule has 0 atom stereocenters. The van der Waals surface area contributed by atoms with Crippen molar-refractivity contribution in [3.8, 4) is 0 Å². The molecule has 0 spiro atoms. The predicted molar refractivity (Wildman–Crippen MR) is 75.5 cm³/mol. The Balaban J connectivity index is 2.32. The van der Waals surface area contributed by atoms with Crippen molar-refractivity contribution in [1.29, 1.82) is 0 Å². The lowest BCUT2D eigenvalue weighted by Gasteiger charge is -2.11. The number of nitrogens with zero attached hydrogens (tertiary/aromatic N) is 1. The highest BCUT2D eigenvalue weighted by atomic mass is 19.1. The zero-order valence-electron chi connectivity index (χ0n) is 12.2. The molecule has 4 heteroatoms. The fraction of sp³-hybridized carbons (Fsp3) is 0.533. The minimum Gasteiger partial charge on any atom is -0.349 e. The van der Waals surface area contributed by atoms with Crippen molar-refractivity contribution in [1.82, 2.24) is 10.2 Å². The van der Waals surface area contributed by atoms with Crippen LogP contribution in [0.25, 0.3) is 0 Å². The Morgan fingerprint density at radius 3 is 2.37 bits per heavy atom. The van der Waals surface area contributed by atoms with Crippen molar-refractivity contribution in [3.63, 3.8) is 0 Å². The Labute approximate surface area is 114 Å². The van der Waals surface area contributed by atoms with Crippen LogP contribution < -0.4 is 5.32 Å². The first kappa shape index (κ1) is 15.6. The Morgan fingerprint density at radius 2 is 1.84 bits per heavy atom. The lowest BCUT2D eigenvalue weighted by Crippen LogP contribution is -2.23. The van der Waals surface area contributed by atoms with Crippen molar-refractivity contribution >= 4 is 5.91 Å². The molecular formula is C15H23FN2O. The van der Waals surface area contributed by atoms with Gasteiger partial charge in [-0.2, -0.15) is 0 Å². The Bertz CT molecular complexity index is 421. The molecule has 0 fully saturated rings. The number of rotatable bonds is 6. The van der Waals surface area contributed by atoms with E-state index in [-0.39, 0.29) is 11.7 Å². The molecule has 0 heterocycles. The number of carbonyl (C=O) groups excluding carboxylic acids is 1. The van der Waals surface area contributed by atoms with Gasteiger partial charge in [0, 0.05) is 27.1 Å². The Morgan fingerprint density at radius 1 is 1.26 bits per heavy atom. The standard InChI is InChI=1S/C15H23FN2O/c1-11-8-13(9-12(2)15(11)16)10-17-7-5-6-14(19)18(3)4/h8-9,17H,5-7,10H2,1-4H3. The lowest BCUT2D eigenvalue weighted by molar-refractivity contribution is -0.128. The van der Waals surface area contributed by atoms with Crippen LogP contribution in [0.3, 0.4) is 0 Å². The van der Waals surface area contributed by atoms with E-state index in [0.717, 1.165) is 18.5 Å². The first-order chi connectivity index (χ1) is 8.91. The lowest BCUT2D eigenvalue weighted by atomic mass is 10.1. The number of hydrogen-bond acceptors (Lipinski definition) is 2. The minimum atomic E-state index is -0.125. The Hall–Kier alpha value is -1.42. The molecule has 0 aliphatic carbocycles. The van der Waals surface area contributed by atoms with Crippen molar-refractivity contribution in [2.24, 2.45) is 0 Å². The summed E-state index contributed by atoms with van der Waals surface area (Å²) in [5, 5.41) is 3.28. The van der Waals surface area contributed by atoms with Gasteiger partial charge in [0.25, 0.3) is 0 Å². The van der Waals surface area contributed by atoms with Crippen LogP contribution in [0.1, 0.15) is 29.5 Å². The summed E-state index contributed by atoms with van der Waals surface area (Å²) in [6.07, 6.45) is 1.37. The molecule has 1 N–H and O–H groups in total. The fourth-order valence-corrected chi connectivity index (χ4v) is 1.96. The molecule has 1 aromatic carbocycles. The Kier molecular flexibility index (Phi) is 5.96. The molecule has 0 aliphatic heterocycles. The maximum Gasteiger partial charge on any atom is 0.222 e. The van der Waals surface area contributed by atoms with Crippen molar-refractivity contribution in [2.75, 3.05) is 20.6 Å². The van der Waals surface area contributed by atoms with Crippen LogP contribution >= 0.6 is 0 Å². The van der Waals surface area contributed by atoms with Crippen molar-refractivity contribution in [2.45, 2.75) is 33.2 Å². The second kappa shape index (κ2) is 7.24.